The van der Waals surface area contributed by atoms with Crippen LogP contribution < -0.4 is 10.2 Å². The summed E-state index contributed by atoms with van der Waals surface area (Å²) in [5.74, 6) is 3.08. The molecule has 23 heavy (non-hydrogen) atoms. The lowest BCUT2D eigenvalue weighted by molar-refractivity contribution is 0.0958. The smallest absolute Gasteiger partial charge is 0.253 e. The standard InChI is InChI=1S/C18H17N3OS/c1-2-9-19-18(22)15-5-6-17(20-13-15)21-10-7-14(8-11-21)16-4-3-12-23-16/h1,3-7,12-13H,8-11H2,(H,19,22). The number of terminal acetylenes is 1. The lowest BCUT2D eigenvalue weighted by Crippen LogP contribution is -2.29. The van der Waals surface area contributed by atoms with Crippen LogP contribution in [-0.2, 0) is 0 Å². The number of nitrogens with one attached hydrogen (secondary N) is 1. The van der Waals surface area contributed by atoms with E-state index in [1.165, 1.54) is 10.5 Å². The Hall–Kier alpha value is -2.58. The van der Waals surface area contributed by atoms with Gasteiger partial charge in [-0.15, -0.1) is 17.8 Å². The Labute approximate surface area is 139 Å². The van der Waals surface area contributed by atoms with Crippen LogP contribution in [-0.4, -0.2) is 30.5 Å². The van der Waals surface area contributed by atoms with Crippen molar-refractivity contribution in [1.82, 2.24) is 10.3 Å². The molecule has 1 aliphatic rings. The van der Waals surface area contributed by atoms with E-state index in [0.717, 1.165) is 25.3 Å². The third kappa shape index (κ3) is 3.61. The zero-order valence-corrected chi connectivity index (χ0v) is 13.5. The molecule has 0 saturated carbocycles. The molecule has 1 N–H and O–H groups in total. The van der Waals surface area contributed by atoms with Crippen molar-refractivity contribution in [2.24, 2.45) is 0 Å². The highest BCUT2D eigenvalue weighted by atomic mass is 32.1. The summed E-state index contributed by atoms with van der Waals surface area (Å²) in [5.41, 5.74) is 1.93. The number of rotatable bonds is 4. The van der Waals surface area contributed by atoms with Crippen molar-refractivity contribution in [3.8, 4) is 12.3 Å². The number of amides is 1. The van der Waals surface area contributed by atoms with E-state index >= 15 is 0 Å². The molecule has 0 fully saturated rings. The molecular formula is C18H17N3OS. The Morgan fingerprint density at radius 2 is 2.35 bits per heavy atom. The van der Waals surface area contributed by atoms with E-state index < -0.39 is 0 Å². The number of aromatic nitrogens is 1. The molecule has 3 heterocycles. The molecule has 0 unspecified atom stereocenters. The van der Waals surface area contributed by atoms with Crippen LogP contribution in [0.2, 0.25) is 0 Å². The molecule has 0 saturated heterocycles. The number of thiophene rings is 1. The first kappa shape index (κ1) is 15.3. The minimum Gasteiger partial charge on any atom is -0.353 e. The molecule has 0 aromatic carbocycles. The topological polar surface area (TPSA) is 45.2 Å². The van der Waals surface area contributed by atoms with Gasteiger partial charge in [0.25, 0.3) is 5.91 Å². The second kappa shape index (κ2) is 7.12. The molecule has 5 heteroatoms. The van der Waals surface area contributed by atoms with Gasteiger partial charge >= 0.3 is 0 Å². The maximum Gasteiger partial charge on any atom is 0.253 e. The minimum atomic E-state index is -0.194. The number of hydrogen-bond acceptors (Lipinski definition) is 4. The second-order valence-electron chi connectivity index (χ2n) is 5.19. The molecule has 1 aliphatic heterocycles. The summed E-state index contributed by atoms with van der Waals surface area (Å²) >= 11 is 1.78. The fraction of sp³-hybridized carbons (Fsp3) is 0.222. The molecule has 0 aliphatic carbocycles. The maximum atomic E-state index is 11.8. The second-order valence-corrected chi connectivity index (χ2v) is 6.14. The molecule has 0 radical (unpaired) electrons. The molecule has 0 spiro atoms. The predicted octanol–water partition coefficient (Wildman–Crippen LogP) is 2.80. The van der Waals surface area contributed by atoms with Gasteiger partial charge in [0.05, 0.1) is 12.1 Å². The minimum absolute atomic E-state index is 0.194. The van der Waals surface area contributed by atoms with Gasteiger partial charge in [0, 0.05) is 24.2 Å². The van der Waals surface area contributed by atoms with Crippen molar-refractivity contribution >= 4 is 28.6 Å². The first-order chi connectivity index (χ1) is 11.3. The highest BCUT2D eigenvalue weighted by Crippen LogP contribution is 2.27. The summed E-state index contributed by atoms with van der Waals surface area (Å²) in [5, 5.41) is 4.74. The van der Waals surface area contributed by atoms with Gasteiger partial charge in [-0.2, -0.15) is 0 Å². The van der Waals surface area contributed by atoms with Gasteiger partial charge in [0.2, 0.25) is 0 Å². The van der Waals surface area contributed by atoms with Crippen molar-refractivity contribution in [3.05, 3.63) is 52.4 Å². The van der Waals surface area contributed by atoms with Gasteiger partial charge in [-0.25, -0.2) is 4.98 Å². The number of hydrogen-bond donors (Lipinski definition) is 1. The van der Waals surface area contributed by atoms with Gasteiger partial charge in [0.1, 0.15) is 5.82 Å². The van der Waals surface area contributed by atoms with E-state index in [0.29, 0.717) is 5.56 Å². The number of pyridine rings is 1. The highest BCUT2D eigenvalue weighted by Gasteiger charge is 2.15. The van der Waals surface area contributed by atoms with Gasteiger partial charge < -0.3 is 10.2 Å². The number of carbonyl (C=O) groups is 1. The van der Waals surface area contributed by atoms with E-state index in [4.69, 9.17) is 6.42 Å². The Kier molecular flexibility index (Phi) is 4.74. The quantitative estimate of drug-likeness (QED) is 0.880. The van der Waals surface area contributed by atoms with Crippen molar-refractivity contribution in [2.45, 2.75) is 6.42 Å². The third-order valence-corrected chi connectivity index (χ3v) is 4.68. The van der Waals surface area contributed by atoms with Gasteiger partial charge in [-0.3, -0.25) is 4.79 Å². The van der Waals surface area contributed by atoms with Crippen LogP contribution in [0.5, 0.6) is 0 Å². The zero-order valence-electron chi connectivity index (χ0n) is 12.7. The molecule has 4 nitrogen and oxygen atoms in total. The molecule has 3 rings (SSSR count). The van der Waals surface area contributed by atoms with Gasteiger partial charge in [-0.1, -0.05) is 18.1 Å². The Morgan fingerprint density at radius 3 is 2.96 bits per heavy atom. The molecule has 1 amide bonds. The van der Waals surface area contributed by atoms with Gasteiger partial charge in [-0.05, 0) is 35.6 Å². The summed E-state index contributed by atoms with van der Waals surface area (Å²) in [6.07, 6.45) is 9.99. The number of anilines is 1. The maximum absolute atomic E-state index is 11.8. The molecule has 116 valence electrons. The van der Waals surface area contributed by atoms with Crippen LogP contribution in [0, 0.1) is 12.3 Å². The van der Waals surface area contributed by atoms with E-state index in [2.05, 4.69) is 44.7 Å². The fourth-order valence-electron chi connectivity index (χ4n) is 2.50. The Bertz CT molecular complexity index is 742. The summed E-state index contributed by atoms with van der Waals surface area (Å²) < 4.78 is 0. The molecule has 0 atom stereocenters. The van der Waals surface area contributed by atoms with Crippen LogP contribution >= 0.6 is 11.3 Å². The van der Waals surface area contributed by atoms with E-state index in [1.807, 2.05) is 6.07 Å². The fourth-order valence-corrected chi connectivity index (χ4v) is 3.30. The lowest BCUT2D eigenvalue weighted by atomic mass is 10.1. The van der Waals surface area contributed by atoms with Crippen LogP contribution in [0.4, 0.5) is 5.82 Å². The van der Waals surface area contributed by atoms with Crippen LogP contribution in [0.25, 0.3) is 5.57 Å². The van der Waals surface area contributed by atoms with Crippen LogP contribution in [0.3, 0.4) is 0 Å². The summed E-state index contributed by atoms with van der Waals surface area (Å²) in [6.45, 7) is 1.99. The number of nitrogens with zero attached hydrogens (tertiary/aromatic N) is 2. The Balaban J connectivity index is 1.65. The lowest BCUT2D eigenvalue weighted by Gasteiger charge is -2.27. The first-order valence-corrected chi connectivity index (χ1v) is 8.31. The monoisotopic (exact) mass is 323 g/mol. The molecule has 2 aromatic rings. The third-order valence-electron chi connectivity index (χ3n) is 3.73. The SMILES string of the molecule is C#CCNC(=O)c1ccc(N2CC=C(c3cccs3)CC2)nc1. The van der Waals surface area contributed by atoms with E-state index in [1.54, 1.807) is 23.6 Å². The van der Waals surface area contributed by atoms with Crippen LogP contribution in [0.15, 0.2) is 41.9 Å². The van der Waals surface area contributed by atoms with Crippen molar-refractivity contribution in [3.63, 3.8) is 0 Å². The number of carbonyl (C=O) groups excluding carboxylic acids is 1. The van der Waals surface area contributed by atoms with E-state index in [9.17, 15) is 4.79 Å². The Morgan fingerprint density at radius 1 is 1.43 bits per heavy atom. The highest BCUT2D eigenvalue weighted by molar-refractivity contribution is 7.11. The molecule has 0 bridgehead atoms. The predicted molar refractivity (Wildman–Crippen MR) is 94.5 cm³/mol. The zero-order chi connectivity index (χ0) is 16.1. The summed E-state index contributed by atoms with van der Waals surface area (Å²) in [7, 11) is 0. The average Bonchev–Trinajstić information content (AvgIpc) is 3.14. The van der Waals surface area contributed by atoms with Crippen LogP contribution in [0.1, 0.15) is 21.7 Å². The average molecular weight is 323 g/mol. The van der Waals surface area contributed by atoms with Gasteiger partial charge in [0.15, 0.2) is 0 Å². The largest absolute Gasteiger partial charge is 0.353 e. The molecular weight excluding hydrogens is 306 g/mol. The normalized spacial score (nSPS) is 14.0. The van der Waals surface area contributed by atoms with Crippen molar-refractivity contribution in [1.29, 1.82) is 0 Å². The first-order valence-electron chi connectivity index (χ1n) is 7.43. The summed E-state index contributed by atoms with van der Waals surface area (Å²) in [4.78, 5) is 19.8. The molecule has 2 aromatic heterocycles. The van der Waals surface area contributed by atoms with E-state index in [-0.39, 0.29) is 12.5 Å². The summed E-state index contributed by atoms with van der Waals surface area (Å²) in [6, 6.07) is 7.91. The van der Waals surface area contributed by atoms with Crippen molar-refractivity contribution in [2.75, 3.05) is 24.5 Å². The van der Waals surface area contributed by atoms with Crippen molar-refractivity contribution < 1.29 is 4.79 Å².